The Morgan fingerprint density at radius 1 is 1.33 bits per heavy atom. The topological polar surface area (TPSA) is 92.9 Å². The van der Waals surface area contributed by atoms with Gasteiger partial charge in [-0.3, -0.25) is 9.59 Å². The van der Waals surface area contributed by atoms with Gasteiger partial charge in [0.1, 0.15) is 5.69 Å². The molecular formula is C17H18N2O5. The van der Waals surface area contributed by atoms with Crippen LogP contribution in [0.2, 0.25) is 0 Å². The number of carbonyl (C=O) groups excluding carboxylic acids is 1. The number of hydrogen-bond acceptors (Lipinski definition) is 5. The van der Waals surface area contributed by atoms with E-state index in [2.05, 4.69) is 5.16 Å². The molecule has 1 aliphatic heterocycles. The molecule has 1 aromatic heterocycles. The highest BCUT2D eigenvalue weighted by Gasteiger charge is 2.31. The van der Waals surface area contributed by atoms with Crippen LogP contribution in [-0.4, -0.2) is 52.8 Å². The number of amides is 1. The molecule has 0 bridgehead atoms. The van der Waals surface area contributed by atoms with E-state index in [1.165, 1.54) is 4.90 Å². The van der Waals surface area contributed by atoms with E-state index in [4.69, 9.17) is 14.4 Å². The molecule has 24 heavy (non-hydrogen) atoms. The molecule has 1 saturated heterocycles. The van der Waals surface area contributed by atoms with Gasteiger partial charge < -0.3 is 19.3 Å². The lowest BCUT2D eigenvalue weighted by molar-refractivity contribution is -0.139. The minimum atomic E-state index is -0.971. The molecule has 1 fully saturated rings. The van der Waals surface area contributed by atoms with Crippen molar-refractivity contribution in [1.29, 1.82) is 0 Å². The Balaban J connectivity index is 1.79. The average molecular weight is 330 g/mol. The van der Waals surface area contributed by atoms with Crippen LogP contribution in [0, 0.1) is 6.92 Å². The average Bonchev–Trinajstić information content (AvgIpc) is 3.05. The van der Waals surface area contributed by atoms with Crippen LogP contribution in [0.3, 0.4) is 0 Å². The Morgan fingerprint density at radius 3 is 2.79 bits per heavy atom. The highest BCUT2D eigenvalue weighted by atomic mass is 16.5. The zero-order valence-corrected chi connectivity index (χ0v) is 13.3. The Hall–Kier alpha value is -2.67. The smallest absolute Gasteiger partial charge is 0.305 e. The molecule has 1 aromatic carbocycles. The first-order valence-corrected chi connectivity index (χ1v) is 7.69. The van der Waals surface area contributed by atoms with Gasteiger partial charge in [-0.25, -0.2) is 0 Å². The highest BCUT2D eigenvalue weighted by molar-refractivity contribution is 5.93. The molecule has 0 saturated carbocycles. The molecule has 7 heteroatoms. The molecule has 7 nitrogen and oxygen atoms in total. The van der Waals surface area contributed by atoms with Crippen LogP contribution < -0.4 is 0 Å². The third-order valence-corrected chi connectivity index (χ3v) is 3.97. The van der Waals surface area contributed by atoms with Gasteiger partial charge in [-0.15, -0.1) is 0 Å². The van der Waals surface area contributed by atoms with Crippen molar-refractivity contribution in [1.82, 2.24) is 10.1 Å². The minimum Gasteiger partial charge on any atom is -0.481 e. The number of carboxylic acid groups (broad SMARTS) is 1. The summed E-state index contributed by atoms with van der Waals surface area (Å²) in [5.41, 5.74) is 2.55. The number of carbonyl (C=O) groups is 2. The molecular weight excluding hydrogens is 312 g/mol. The van der Waals surface area contributed by atoms with E-state index in [1.54, 1.807) is 6.07 Å². The lowest BCUT2D eigenvalue weighted by Gasteiger charge is -2.34. The lowest BCUT2D eigenvalue weighted by Crippen LogP contribution is -2.49. The molecule has 126 valence electrons. The Bertz CT molecular complexity index is 738. The Kier molecular flexibility index (Phi) is 4.61. The number of rotatable bonds is 4. The van der Waals surface area contributed by atoms with Crippen LogP contribution in [0.15, 0.2) is 34.9 Å². The summed E-state index contributed by atoms with van der Waals surface area (Å²) in [6.45, 7) is 2.90. The second-order valence-corrected chi connectivity index (χ2v) is 5.77. The number of aliphatic carboxylic acids is 1. The number of benzene rings is 1. The summed E-state index contributed by atoms with van der Waals surface area (Å²) >= 11 is 0. The van der Waals surface area contributed by atoms with Gasteiger partial charge in [-0.05, 0) is 6.92 Å². The van der Waals surface area contributed by atoms with Gasteiger partial charge in [-0.1, -0.05) is 35.0 Å². The van der Waals surface area contributed by atoms with E-state index < -0.39 is 12.0 Å². The van der Waals surface area contributed by atoms with Crippen molar-refractivity contribution in [2.24, 2.45) is 0 Å². The molecule has 2 heterocycles. The molecule has 1 aliphatic rings. The first-order valence-electron chi connectivity index (χ1n) is 7.69. The third-order valence-electron chi connectivity index (χ3n) is 3.97. The fourth-order valence-corrected chi connectivity index (χ4v) is 2.67. The van der Waals surface area contributed by atoms with Crippen molar-refractivity contribution in [3.63, 3.8) is 0 Å². The number of aromatic nitrogens is 1. The normalized spacial score (nSPS) is 17.7. The summed E-state index contributed by atoms with van der Waals surface area (Å²) in [4.78, 5) is 25.1. The standard InChI is InChI=1S/C17H18N2O5/c1-11-2-4-12(5-3-11)14-9-15(24-18-14)17(22)19-6-7-23-10-13(19)8-16(20)21/h2-5,9,13H,6-8,10H2,1H3,(H,20,21). The Morgan fingerprint density at radius 2 is 2.08 bits per heavy atom. The fourth-order valence-electron chi connectivity index (χ4n) is 2.67. The second kappa shape index (κ2) is 6.84. The number of nitrogens with zero attached hydrogens (tertiary/aromatic N) is 2. The van der Waals surface area contributed by atoms with Crippen LogP contribution in [0.5, 0.6) is 0 Å². The van der Waals surface area contributed by atoms with Gasteiger partial charge in [0.15, 0.2) is 0 Å². The van der Waals surface area contributed by atoms with Crippen LogP contribution in [0.4, 0.5) is 0 Å². The molecule has 1 unspecified atom stereocenters. The number of carboxylic acids is 1. The lowest BCUT2D eigenvalue weighted by atomic mass is 10.1. The van der Waals surface area contributed by atoms with Gasteiger partial charge in [0.2, 0.25) is 5.76 Å². The molecule has 3 rings (SSSR count). The molecule has 0 aliphatic carbocycles. The fraction of sp³-hybridized carbons (Fsp3) is 0.353. The van der Waals surface area contributed by atoms with Crippen molar-refractivity contribution in [3.05, 3.63) is 41.7 Å². The number of ether oxygens (including phenoxy) is 1. The minimum absolute atomic E-state index is 0.0999. The number of aryl methyl sites for hydroxylation is 1. The summed E-state index contributed by atoms with van der Waals surface area (Å²) in [6.07, 6.45) is -0.162. The van der Waals surface area contributed by atoms with Crippen molar-refractivity contribution >= 4 is 11.9 Å². The second-order valence-electron chi connectivity index (χ2n) is 5.77. The summed E-state index contributed by atoms with van der Waals surface area (Å²) in [5.74, 6) is -1.24. The maximum atomic E-state index is 12.6. The van der Waals surface area contributed by atoms with Crippen LogP contribution in [0.1, 0.15) is 22.5 Å². The quantitative estimate of drug-likeness (QED) is 0.921. The van der Waals surface area contributed by atoms with E-state index in [-0.39, 0.29) is 24.7 Å². The Labute approximate surface area is 138 Å². The van der Waals surface area contributed by atoms with E-state index in [0.29, 0.717) is 18.8 Å². The number of hydrogen-bond donors (Lipinski definition) is 1. The van der Waals surface area contributed by atoms with Crippen LogP contribution >= 0.6 is 0 Å². The van der Waals surface area contributed by atoms with Crippen molar-refractivity contribution in [2.75, 3.05) is 19.8 Å². The van der Waals surface area contributed by atoms with Gasteiger partial charge in [-0.2, -0.15) is 0 Å². The third kappa shape index (κ3) is 3.46. The van der Waals surface area contributed by atoms with Gasteiger partial charge in [0.25, 0.3) is 5.91 Å². The zero-order chi connectivity index (χ0) is 17.1. The van der Waals surface area contributed by atoms with Crippen LogP contribution in [-0.2, 0) is 9.53 Å². The summed E-state index contributed by atoms with van der Waals surface area (Å²) in [7, 11) is 0. The number of morpholine rings is 1. The molecule has 0 radical (unpaired) electrons. The predicted molar refractivity (Wildman–Crippen MR) is 84.6 cm³/mol. The van der Waals surface area contributed by atoms with Gasteiger partial charge >= 0.3 is 5.97 Å². The predicted octanol–water partition coefficient (Wildman–Crippen LogP) is 1.97. The van der Waals surface area contributed by atoms with Crippen LogP contribution in [0.25, 0.3) is 11.3 Å². The van der Waals surface area contributed by atoms with E-state index >= 15 is 0 Å². The maximum Gasteiger partial charge on any atom is 0.305 e. The molecule has 1 atom stereocenters. The zero-order valence-electron chi connectivity index (χ0n) is 13.3. The first kappa shape index (κ1) is 16.2. The van der Waals surface area contributed by atoms with Crippen molar-refractivity contribution in [2.45, 2.75) is 19.4 Å². The summed E-state index contributed by atoms with van der Waals surface area (Å²) in [5, 5.41) is 12.9. The molecule has 0 spiro atoms. The van der Waals surface area contributed by atoms with Gasteiger partial charge in [0.05, 0.1) is 25.7 Å². The molecule has 1 amide bonds. The van der Waals surface area contributed by atoms with E-state index in [1.807, 2.05) is 31.2 Å². The monoisotopic (exact) mass is 330 g/mol. The van der Waals surface area contributed by atoms with Crippen molar-refractivity contribution < 1.29 is 24.0 Å². The van der Waals surface area contributed by atoms with Crippen molar-refractivity contribution in [3.8, 4) is 11.3 Å². The summed E-state index contributed by atoms with van der Waals surface area (Å²) < 4.78 is 10.5. The molecule has 2 aromatic rings. The van der Waals surface area contributed by atoms with E-state index in [0.717, 1.165) is 11.1 Å². The maximum absolute atomic E-state index is 12.6. The first-order chi connectivity index (χ1) is 11.5. The van der Waals surface area contributed by atoms with E-state index in [9.17, 15) is 9.59 Å². The molecule has 1 N–H and O–H groups in total. The largest absolute Gasteiger partial charge is 0.481 e. The summed E-state index contributed by atoms with van der Waals surface area (Å²) in [6, 6.07) is 8.80. The SMILES string of the molecule is Cc1ccc(-c2cc(C(=O)N3CCOCC3CC(=O)O)on2)cc1. The van der Waals surface area contributed by atoms with Gasteiger partial charge in [0, 0.05) is 18.2 Å². The highest BCUT2D eigenvalue weighted by Crippen LogP contribution is 2.22.